The number of benzene rings is 1. The van der Waals surface area contributed by atoms with E-state index in [2.05, 4.69) is 56.4 Å². The van der Waals surface area contributed by atoms with Gasteiger partial charge in [-0.05, 0) is 17.7 Å². The molecule has 0 spiro atoms. The highest BCUT2D eigenvalue weighted by Gasteiger charge is 2.20. The zero-order chi connectivity index (χ0) is 24.5. The molecule has 4 aromatic heterocycles. The summed E-state index contributed by atoms with van der Waals surface area (Å²) in [7, 11) is 1.87. The van der Waals surface area contributed by atoms with E-state index in [9.17, 15) is 5.26 Å². The number of rotatable bonds is 5. The standard InChI is InChI=1S/C27H25N9/c1-33-18-23(16-30-33)24-19-36-27(22(13-28)15-31-36)26(32-24)21-7-8-25(29-14-21)35-11-9-34(10-12-35)17-20-5-3-2-4-6-20/h2-8,14-16,18-19H,9-12,17H2,1H3. The van der Waals surface area contributed by atoms with Crippen LogP contribution in [0.25, 0.3) is 28.0 Å². The molecule has 0 atom stereocenters. The molecule has 1 aliphatic rings. The van der Waals surface area contributed by atoms with Crippen molar-refractivity contribution in [1.29, 1.82) is 5.26 Å². The molecule has 0 bridgehead atoms. The average Bonchev–Trinajstić information content (AvgIpc) is 3.55. The van der Waals surface area contributed by atoms with Crippen LogP contribution < -0.4 is 4.90 Å². The molecule has 36 heavy (non-hydrogen) atoms. The number of hydrogen-bond donors (Lipinski definition) is 0. The fraction of sp³-hybridized carbons (Fsp3) is 0.222. The quantitative estimate of drug-likeness (QED) is 0.385. The maximum Gasteiger partial charge on any atom is 0.128 e. The number of hydrogen-bond acceptors (Lipinski definition) is 7. The molecule has 9 heteroatoms. The van der Waals surface area contributed by atoms with E-state index in [4.69, 9.17) is 9.97 Å². The lowest BCUT2D eigenvalue weighted by Crippen LogP contribution is -2.46. The SMILES string of the molecule is Cn1cc(-c2cn3ncc(C#N)c3c(-c3ccc(N4CCN(Cc5ccccc5)CC4)nc3)n2)cn1. The highest BCUT2D eigenvalue weighted by molar-refractivity contribution is 5.83. The lowest BCUT2D eigenvalue weighted by molar-refractivity contribution is 0.249. The van der Waals surface area contributed by atoms with Crippen LogP contribution in [0, 0.1) is 11.3 Å². The molecular weight excluding hydrogens is 450 g/mol. The van der Waals surface area contributed by atoms with Crippen LogP contribution in [0.5, 0.6) is 0 Å². The van der Waals surface area contributed by atoms with Crippen molar-refractivity contribution in [2.45, 2.75) is 6.54 Å². The molecule has 1 aliphatic heterocycles. The van der Waals surface area contributed by atoms with Gasteiger partial charge in [-0.1, -0.05) is 30.3 Å². The van der Waals surface area contributed by atoms with Crippen molar-refractivity contribution in [3.8, 4) is 28.6 Å². The minimum absolute atomic E-state index is 0.480. The Bertz CT molecular complexity index is 1540. The maximum absolute atomic E-state index is 9.64. The van der Waals surface area contributed by atoms with E-state index in [1.807, 2.05) is 37.8 Å². The summed E-state index contributed by atoms with van der Waals surface area (Å²) in [5.74, 6) is 0.951. The van der Waals surface area contributed by atoms with Crippen LogP contribution in [0.1, 0.15) is 11.1 Å². The first-order chi connectivity index (χ1) is 17.7. The van der Waals surface area contributed by atoms with E-state index >= 15 is 0 Å². The fourth-order valence-corrected chi connectivity index (χ4v) is 4.68. The third-order valence-electron chi connectivity index (χ3n) is 6.58. The van der Waals surface area contributed by atoms with Crippen molar-refractivity contribution in [2.24, 2.45) is 7.05 Å². The van der Waals surface area contributed by atoms with Gasteiger partial charge in [0, 0.05) is 63.3 Å². The Morgan fingerprint density at radius 3 is 2.42 bits per heavy atom. The summed E-state index contributed by atoms with van der Waals surface area (Å²) in [6.07, 6.45) is 8.92. The molecule has 0 unspecified atom stereocenters. The Morgan fingerprint density at radius 2 is 1.72 bits per heavy atom. The Kier molecular flexibility index (Phi) is 5.64. The van der Waals surface area contributed by atoms with E-state index in [0.717, 1.165) is 55.4 Å². The van der Waals surface area contributed by atoms with Gasteiger partial charge >= 0.3 is 0 Å². The predicted molar refractivity (Wildman–Crippen MR) is 137 cm³/mol. The summed E-state index contributed by atoms with van der Waals surface area (Å²) in [6.45, 7) is 4.82. The van der Waals surface area contributed by atoms with E-state index in [0.29, 0.717) is 16.8 Å². The van der Waals surface area contributed by atoms with Crippen LogP contribution in [0.3, 0.4) is 0 Å². The van der Waals surface area contributed by atoms with Crippen LogP contribution in [-0.2, 0) is 13.6 Å². The first-order valence-corrected chi connectivity index (χ1v) is 11.9. The van der Waals surface area contributed by atoms with Gasteiger partial charge in [-0.25, -0.2) is 14.5 Å². The number of nitrogens with zero attached hydrogens (tertiary/aromatic N) is 9. The zero-order valence-electron chi connectivity index (χ0n) is 20.0. The second kappa shape index (κ2) is 9.24. The van der Waals surface area contributed by atoms with Crippen molar-refractivity contribution in [3.63, 3.8) is 0 Å². The number of pyridine rings is 1. The van der Waals surface area contributed by atoms with Crippen molar-refractivity contribution >= 4 is 11.3 Å². The molecule has 5 heterocycles. The lowest BCUT2D eigenvalue weighted by atomic mass is 10.1. The Morgan fingerprint density at radius 1 is 0.889 bits per heavy atom. The minimum atomic E-state index is 0.480. The fourth-order valence-electron chi connectivity index (χ4n) is 4.68. The third-order valence-corrected chi connectivity index (χ3v) is 6.58. The summed E-state index contributed by atoms with van der Waals surface area (Å²) in [6, 6.07) is 16.9. The van der Waals surface area contributed by atoms with E-state index in [1.54, 1.807) is 21.6 Å². The summed E-state index contributed by atoms with van der Waals surface area (Å²) >= 11 is 0. The monoisotopic (exact) mass is 475 g/mol. The third kappa shape index (κ3) is 4.19. The van der Waals surface area contributed by atoms with Gasteiger partial charge in [0.2, 0.25) is 0 Å². The van der Waals surface area contributed by atoms with Gasteiger partial charge in [0.1, 0.15) is 23.0 Å². The molecule has 0 radical (unpaired) electrons. The second-order valence-electron chi connectivity index (χ2n) is 8.99. The topological polar surface area (TPSA) is 91.2 Å². The molecule has 0 aliphatic carbocycles. The van der Waals surface area contributed by atoms with Gasteiger partial charge < -0.3 is 4.90 Å². The lowest BCUT2D eigenvalue weighted by Gasteiger charge is -2.35. The smallest absolute Gasteiger partial charge is 0.128 e. The first kappa shape index (κ1) is 21.9. The van der Waals surface area contributed by atoms with Gasteiger partial charge in [0.05, 0.1) is 30.0 Å². The molecule has 9 nitrogen and oxygen atoms in total. The summed E-state index contributed by atoms with van der Waals surface area (Å²) < 4.78 is 3.45. The van der Waals surface area contributed by atoms with Crippen LogP contribution in [-0.4, -0.2) is 60.4 Å². The number of aromatic nitrogens is 6. The van der Waals surface area contributed by atoms with E-state index in [-0.39, 0.29) is 0 Å². The van der Waals surface area contributed by atoms with Crippen molar-refractivity contribution < 1.29 is 0 Å². The number of fused-ring (bicyclic) bond motifs is 1. The molecule has 1 saturated heterocycles. The van der Waals surface area contributed by atoms with Crippen molar-refractivity contribution in [2.75, 3.05) is 31.1 Å². The van der Waals surface area contributed by atoms with Gasteiger partial charge in [0.25, 0.3) is 0 Å². The Hall–Kier alpha value is -4.55. The Balaban J connectivity index is 1.25. The van der Waals surface area contributed by atoms with Crippen molar-refractivity contribution in [1.82, 2.24) is 34.3 Å². The number of anilines is 1. The van der Waals surface area contributed by atoms with Crippen LogP contribution in [0.4, 0.5) is 5.82 Å². The maximum atomic E-state index is 9.64. The molecule has 0 N–H and O–H groups in total. The van der Waals surface area contributed by atoms with Gasteiger partial charge in [0.15, 0.2) is 0 Å². The molecular formula is C27H25N9. The van der Waals surface area contributed by atoms with Crippen molar-refractivity contribution in [3.05, 3.63) is 84.6 Å². The molecule has 1 fully saturated rings. The van der Waals surface area contributed by atoms with Crippen LogP contribution in [0.15, 0.2) is 73.4 Å². The molecule has 5 aromatic rings. The number of piperazine rings is 1. The van der Waals surface area contributed by atoms with Gasteiger partial charge in [-0.3, -0.25) is 9.58 Å². The summed E-state index contributed by atoms with van der Waals surface area (Å²) in [5, 5.41) is 18.3. The largest absolute Gasteiger partial charge is 0.354 e. The molecule has 1 aromatic carbocycles. The van der Waals surface area contributed by atoms with Crippen LogP contribution >= 0.6 is 0 Å². The highest BCUT2D eigenvalue weighted by Crippen LogP contribution is 2.29. The average molecular weight is 476 g/mol. The number of aryl methyl sites for hydroxylation is 1. The van der Waals surface area contributed by atoms with E-state index in [1.165, 1.54) is 5.56 Å². The minimum Gasteiger partial charge on any atom is -0.354 e. The molecule has 0 amide bonds. The second-order valence-corrected chi connectivity index (χ2v) is 8.99. The zero-order valence-corrected chi connectivity index (χ0v) is 20.0. The predicted octanol–water partition coefficient (Wildman–Crippen LogP) is 3.39. The molecule has 178 valence electrons. The molecule has 6 rings (SSSR count). The Labute approximate surface area is 208 Å². The molecule has 0 saturated carbocycles. The summed E-state index contributed by atoms with van der Waals surface area (Å²) in [5.41, 5.74) is 5.64. The highest BCUT2D eigenvalue weighted by atomic mass is 15.3. The first-order valence-electron chi connectivity index (χ1n) is 11.9. The van der Waals surface area contributed by atoms with Gasteiger partial charge in [-0.15, -0.1) is 0 Å². The number of nitriles is 1. The normalized spacial score (nSPS) is 14.3. The van der Waals surface area contributed by atoms with Crippen LogP contribution in [0.2, 0.25) is 0 Å². The van der Waals surface area contributed by atoms with E-state index < -0.39 is 0 Å². The van der Waals surface area contributed by atoms with Gasteiger partial charge in [-0.2, -0.15) is 15.5 Å². The summed E-state index contributed by atoms with van der Waals surface area (Å²) in [4.78, 5) is 14.5.